The van der Waals surface area contributed by atoms with Crippen LogP contribution in [0, 0.1) is 5.92 Å². The Kier molecular flexibility index (Phi) is 3.99. The van der Waals surface area contributed by atoms with Gasteiger partial charge in [0, 0.05) is 6.20 Å². The molecule has 5 atom stereocenters. The molecule has 0 aromatic rings. The van der Waals surface area contributed by atoms with Crippen molar-refractivity contribution >= 4 is 6.03 Å². The average molecular weight is 291 g/mol. The minimum Gasteiger partial charge on any atom is -0.391 e. The molecule has 1 unspecified atom stereocenters. The molecule has 20 heavy (non-hydrogen) atoms. The maximum atomic E-state index is 13.1. The van der Waals surface area contributed by atoms with E-state index in [1.54, 1.807) is 0 Å². The molecule has 2 heterocycles. The van der Waals surface area contributed by atoms with Gasteiger partial charge in [0.05, 0.1) is 12.6 Å². The van der Waals surface area contributed by atoms with Crippen LogP contribution in [-0.4, -0.2) is 63.8 Å². The number of amides is 2. The number of carbonyl (C=O) groups is 1. The topological polar surface area (TPSA) is 140 Å². The molecule has 2 aliphatic heterocycles. The fourth-order valence-electron chi connectivity index (χ4n) is 2.25. The number of nitrogens with one attached hydrogen (secondary N) is 1. The van der Waals surface area contributed by atoms with Crippen LogP contribution in [0.25, 0.3) is 0 Å². The average Bonchev–Trinajstić information content (AvgIpc) is 2.71. The Bertz CT molecular complexity index is 436. The van der Waals surface area contributed by atoms with Crippen LogP contribution in [0.3, 0.4) is 0 Å². The lowest BCUT2D eigenvalue weighted by molar-refractivity contribution is -0.286. The standard InChI is InChI=1S/C10H15FN4O5/c11-3-5-7(18)10(4-16,14-12)20-8(5)15-2-1-6(17)13-9(15)19/h1-2,5-8,12,16-18H,3-4H2,(H,13,19)/p+1/t5-,6?,7-,8+,10+/m0/s1. The molecule has 0 aromatic heterocycles. The van der Waals surface area contributed by atoms with Crippen LogP contribution in [0.2, 0.25) is 0 Å². The third kappa shape index (κ3) is 2.16. The Hall–Kier alpha value is -1.62. The second kappa shape index (κ2) is 5.40. The van der Waals surface area contributed by atoms with Crippen LogP contribution in [0.15, 0.2) is 17.4 Å². The Balaban J connectivity index is 2.29. The van der Waals surface area contributed by atoms with Crippen molar-refractivity contribution < 1.29 is 34.8 Å². The van der Waals surface area contributed by atoms with Crippen molar-refractivity contribution in [1.29, 1.82) is 0 Å². The summed E-state index contributed by atoms with van der Waals surface area (Å²) in [5, 5.41) is 34.0. The van der Waals surface area contributed by atoms with E-state index < -0.39 is 49.5 Å². The quantitative estimate of drug-likeness (QED) is 0.352. The van der Waals surface area contributed by atoms with Gasteiger partial charge in [-0.15, -0.1) is 0 Å². The number of urea groups is 1. The molecule has 112 valence electrons. The molecule has 6 N–H and O–H groups in total. The van der Waals surface area contributed by atoms with Crippen molar-refractivity contribution in [1.82, 2.24) is 10.2 Å². The van der Waals surface area contributed by atoms with Gasteiger partial charge >= 0.3 is 6.03 Å². The normalized spacial score (nSPS) is 40.8. The number of hydrogen-bond donors (Lipinski definition) is 5. The maximum absolute atomic E-state index is 13.1. The molecule has 0 spiro atoms. The zero-order valence-corrected chi connectivity index (χ0v) is 10.4. The molecule has 9 nitrogen and oxygen atoms in total. The van der Waals surface area contributed by atoms with Crippen molar-refractivity contribution in [2.24, 2.45) is 11.0 Å². The third-order valence-electron chi connectivity index (χ3n) is 3.39. The van der Waals surface area contributed by atoms with Crippen molar-refractivity contribution in [2.45, 2.75) is 24.3 Å². The number of carbonyl (C=O) groups excluding carboxylic acids is 1. The highest BCUT2D eigenvalue weighted by Gasteiger charge is 2.59. The number of halogens is 1. The van der Waals surface area contributed by atoms with Gasteiger partial charge in [0.25, 0.3) is 5.72 Å². The number of rotatable bonds is 4. The second-order valence-electron chi connectivity index (χ2n) is 4.55. The highest BCUT2D eigenvalue weighted by Crippen LogP contribution is 2.38. The number of nitrogens with zero attached hydrogens (tertiary/aromatic N) is 2. The molecule has 10 heteroatoms. The summed E-state index contributed by atoms with van der Waals surface area (Å²) in [6.45, 7) is -1.78. The van der Waals surface area contributed by atoms with Gasteiger partial charge in [0.15, 0.2) is 0 Å². The lowest BCUT2D eigenvalue weighted by Gasteiger charge is -2.31. The van der Waals surface area contributed by atoms with Crippen molar-refractivity contribution in [3.05, 3.63) is 12.3 Å². The van der Waals surface area contributed by atoms with Gasteiger partial charge in [-0.05, 0) is 11.2 Å². The Labute approximate surface area is 113 Å². The van der Waals surface area contributed by atoms with E-state index in [0.717, 1.165) is 4.90 Å². The summed E-state index contributed by atoms with van der Waals surface area (Å²) in [6, 6.07) is -0.735. The summed E-state index contributed by atoms with van der Waals surface area (Å²) < 4.78 is 18.4. The zero-order chi connectivity index (χ0) is 14.9. The third-order valence-corrected chi connectivity index (χ3v) is 3.39. The largest absolute Gasteiger partial charge is 0.391 e. The highest BCUT2D eigenvalue weighted by atomic mass is 19.1. The molecule has 0 aromatic carbocycles. The van der Waals surface area contributed by atoms with E-state index >= 15 is 0 Å². The first kappa shape index (κ1) is 14.8. The number of hydrogen-bond acceptors (Lipinski definition) is 6. The monoisotopic (exact) mass is 291 g/mol. The van der Waals surface area contributed by atoms with Crippen LogP contribution in [0.1, 0.15) is 0 Å². The minimum absolute atomic E-state index is 0.735. The van der Waals surface area contributed by atoms with Crippen LogP contribution < -0.4 is 10.8 Å². The van der Waals surface area contributed by atoms with Crippen LogP contribution >= 0.6 is 0 Å². The summed E-state index contributed by atoms with van der Waals surface area (Å²) in [7, 11) is 0. The first-order chi connectivity index (χ1) is 9.49. The summed E-state index contributed by atoms with van der Waals surface area (Å²) in [6.07, 6.45) is -1.44. The van der Waals surface area contributed by atoms with Crippen molar-refractivity contribution in [2.75, 3.05) is 13.3 Å². The maximum Gasteiger partial charge on any atom is 0.325 e. The molecule has 1 saturated heterocycles. The highest BCUT2D eigenvalue weighted by molar-refractivity contribution is 5.77. The fourth-order valence-corrected chi connectivity index (χ4v) is 2.25. The molecule has 0 aliphatic carbocycles. The van der Waals surface area contributed by atoms with Crippen molar-refractivity contribution in [3.63, 3.8) is 0 Å². The molecule has 0 bridgehead atoms. The summed E-state index contributed by atoms with van der Waals surface area (Å²) in [5.74, 6) is -1.14. The molecular weight excluding hydrogens is 275 g/mol. The number of nitrogens with two attached hydrogens (primary N) is 1. The number of ether oxygens (including phenoxy) is 1. The van der Waals surface area contributed by atoms with E-state index in [2.05, 4.69) is 10.4 Å². The molecule has 1 fully saturated rings. The van der Waals surface area contributed by atoms with Gasteiger partial charge in [-0.25, -0.2) is 4.79 Å². The Morgan fingerprint density at radius 1 is 1.60 bits per heavy atom. The predicted molar refractivity (Wildman–Crippen MR) is 60.0 cm³/mol. The predicted octanol–water partition coefficient (Wildman–Crippen LogP) is -2.95. The molecule has 2 amide bonds. The first-order valence-corrected chi connectivity index (χ1v) is 5.89. The van der Waals surface area contributed by atoms with Gasteiger partial charge in [-0.2, -0.15) is 5.53 Å². The number of alkyl halides is 1. The van der Waals surface area contributed by atoms with E-state index in [9.17, 15) is 24.5 Å². The van der Waals surface area contributed by atoms with E-state index in [-0.39, 0.29) is 0 Å². The number of aliphatic hydroxyl groups excluding tert-OH is 3. The smallest absolute Gasteiger partial charge is 0.325 e. The van der Waals surface area contributed by atoms with Crippen LogP contribution in [-0.2, 0) is 4.74 Å². The summed E-state index contributed by atoms with van der Waals surface area (Å²) >= 11 is 0. The number of aliphatic hydroxyl groups is 3. The van der Waals surface area contributed by atoms with E-state index in [1.165, 1.54) is 12.3 Å². The van der Waals surface area contributed by atoms with E-state index in [4.69, 9.17) is 10.3 Å². The summed E-state index contributed by atoms with van der Waals surface area (Å²) in [5.41, 5.74) is 3.23. The lowest BCUT2D eigenvalue weighted by Crippen LogP contribution is -2.52. The van der Waals surface area contributed by atoms with Gasteiger partial charge in [0.2, 0.25) is 0 Å². The molecular formula is C10H16FN4O5+. The van der Waals surface area contributed by atoms with E-state index in [0.29, 0.717) is 0 Å². The van der Waals surface area contributed by atoms with E-state index in [1.807, 2.05) is 0 Å². The van der Waals surface area contributed by atoms with Gasteiger partial charge in [0.1, 0.15) is 25.2 Å². The first-order valence-electron chi connectivity index (χ1n) is 5.89. The summed E-state index contributed by atoms with van der Waals surface area (Å²) in [4.78, 5) is 12.7. The minimum atomic E-state index is -1.88. The Morgan fingerprint density at radius 3 is 2.80 bits per heavy atom. The van der Waals surface area contributed by atoms with Gasteiger partial charge in [-0.3, -0.25) is 9.29 Å². The van der Waals surface area contributed by atoms with Gasteiger partial charge in [-0.1, -0.05) is 0 Å². The fraction of sp³-hybridized carbons (Fsp3) is 0.700. The lowest BCUT2D eigenvalue weighted by atomic mass is 9.97. The Morgan fingerprint density at radius 2 is 2.30 bits per heavy atom. The molecule has 0 saturated carbocycles. The van der Waals surface area contributed by atoms with Crippen LogP contribution in [0.5, 0.6) is 0 Å². The molecule has 0 radical (unpaired) electrons. The molecule has 2 rings (SSSR count). The zero-order valence-electron chi connectivity index (χ0n) is 10.4. The SMILES string of the molecule is [NH2+]=N[C@]1(CO)O[C@@H](N2C=CC(O)NC2=O)[C@@H](CF)[C@@H]1O. The van der Waals surface area contributed by atoms with Gasteiger partial charge < -0.3 is 25.4 Å². The molecule has 2 aliphatic rings. The van der Waals surface area contributed by atoms with Crippen LogP contribution in [0.4, 0.5) is 9.18 Å². The van der Waals surface area contributed by atoms with Crippen molar-refractivity contribution in [3.8, 4) is 0 Å². The second-order valence-corrected chi connectivity index (χ2v) is 4.55.